The van der Waals surface area contributed by atoms with Gasteiger partial charge in [0.05, 0.1) is 18.7 Å². The molecule has 10 heteroatoms. The van der Waals surface area contributed by atoms with Crippen molar-refractivity contribution in [3.8, 4) is 22.8 Å². The highest BCUT2D eigenvalue weighted by Crippen LogP contribution is 2.33. The molecule has 0 radical (unpaired) electrons. The zero-order chi connectivity index (χ0) is 23.4. The first kappa shape index (κ1) is 22.3. The molecule has 1 N–H and O–H groups in total. The van der Waals surface area contributed by atoms with Crippen molar-refractivity contribution in [3.63, 3.8) is 0 Å². The number of hydrogen-bond acceptors (Lipinski definition) is 7. The Hall–Kier alpha value is -3.85. The molecule has 9 nitrogen and oxygen atoms in total. The molecule has 0 aliphatic carbocycles. The quantitative estimate of drug-likeness (QED) is 0.414. The van der Waals surface area contributed by atoms with Crippen LogP contribution in [0.2, 0.25) is 5.02 Å². The molecule has 2 aromatic carbocycles. The number of rotatable bonds is 8. The molecule has 0 atom stereocenters. The molecule has 2 aromatic heterocycles. The third-order valence-electron chi connectivity index (χ3n) is 4.92. The summed E-state index contributed by atoms with van der Waals surface area (Å²) in [4.78, 5) is 29.7. The molecule has 0 fully saturated rings. The molecule has 0 unspecified atom stereocenters. The van der Waals surface area contributed by atoms with Crippen molar-refractivity contribution in [2.75, 3.05) is 19.0 Å². The zero-order valence-electron chi connectivity index (χ0n) is 18.0. The highest BCUT2D eigenvalue weighted by Gasteiger charge is 2.20. The smallest absolute Gasteiger partial charge is 0.266 e. The summed E-state index contributed by atoms with van der Waals surface area (Å²) in [6.45, 7) is 2.59. The lowest BCUT2D eigenvalue weighted by molar-refractivity contribution is -0.116. The number of fused-ring (bicyclic) bond motifs is 1. The number of carbonyl (C=O) groups is 1. The van der Waals surface area contributed by atoms with E-state index in [2.05, 4.69) is 15.5 Å². The van der Waals surface area contributed by atoms with Crippen LogP contribution in [0.25, 0.3) is 22.4 Å². The molecule has 0 aliphatic heterocycles. The van der Waals surface area contributed by atoms with Gasteiger partial charge in [-0.25, -0.2) is 4.98 Å². The van der Waals surface area contributed by atoms with Crippen LogP contribution in [-0.4, -0.2) is 34.3 Å². The minimum absolute atomic E-state index is 0.0703. The minimum Gasteiger partial charge on any atom is -0.497 e. The Labute approximate surface area is 193 Å². The number of anilines is 1. The van der Waals surface area contributed by atoms with Crippen molar-refractivity contribution < 1.29 is 18.8 Å². The Balaban J connectivity index is 1.53. The second kappa shape index (κ2) is 9.74. The van der Waals surface area contributed by atoms with E-state index in [0.29, 0.717) is 28.6 Å². The number of ether oxygens (including phenoxy) is 2. The molecule has 0 spiro atoms. The molecule has 2 heterocycles. The van der Waals surface area contributed by atoms with Crippen molar-refractivity contribution >= 4 is 34.3 Å². The van der Waals surface area contributed by atoms with Gasteiger partial charge in [-0.3, -0.25) is 14.2 Å². The maximum Gasteiger partial charge on any atom is 0.266 e. The average molecular weight is 469 g/mol. The van der Waals surface area contributed by atoms with Gasteiger partial charge >= 0.3 is 0 Å². The van der Waals surface area contributed by atoms with Crippen LogP contribution in [-0.2, 0) is 11.3 Å². The number of carbonyl (C=O) groups excluding carboxylic acids is 1. The summed E-state index contributed by atoms with van der Waals surface area (Å²) in [5.41, 5.74) is 1.09. The van der Waals surface area contributed by atoms with Gasteiger partial charge in [0.2, 0.25) is 5.91 Å². The number of aromatic nitrogens is 3. The maximum absolute atomic E-state index is 13.1. The van der Waals surface area contributed by atoms with Crippen molar-refractivity contribution in [2.45, 2.75) is 19.9 Å². The van der Waals surface area contributed by atoms with Gasteiger partial charge in [-0.15, -0.1) is 0 Å². The highest BCUT2D eigenvalue weighted by molar-refractivity contribution is 6.33. The van der Waals surface area contributed by atoms with E-state index in [-0.39, 0.29) is 41.2 Å². The van der Waals surface area contributed by atoms with E-state index in [1.54, 1.807) is 42.5 Å². The molecular weight excluding hydrogens is 448 g/mol. The van der Waals surface area contributed by atoms with Crippen LogP contribution in [0.15, 0.2) is 58.1 Å². The third kappa shape index (κ3) is 4.83. The standard InChI is InChI=1S/C23H21ClN4O5/c1-3-32-15-6-4-14(5-7-15)26-19(29)10-11-28-13-25-22-20(23(28)30)21(27-33-22)17-12-16(31-2)8-9-18(17)24/h4-9,12-13H,3,10-11H2,1-2H3,(H,26,29). The predicted molar refractivity (Wildman–Crippen MR) is 124 cm³/mol. The first-order valence-electron chi connectivity index (χ1n) is 10.2. The summed E-state index contributed by atoms with van der Waals surface area (Å²) >= 11 is 6.32. The lowest BCUT2D eigenvalue weighted by atomic mass is 10.1. The highest BCUT2D eigenvalue weighted by atomic mass is 35.5. The Kier molecular flexibility index (Phi) is 6.60. The normalized spacial score (nSPS) is 10.9. The number of methoxy groups -OCH3 is 1. The molecule has 170 valence electrons. The predicted octanol–water partition coefficient (Wildman–Crippen LogP) is 4.14. The van der Waals surface area contributed by atoms with Crippen LogP contribution < -0.4 is 20.3 Å². The van der Waals surface area contributed by atoms with Gasteiger partial charge in [0, 0.05) is 24.2 Å². The second-order valence-electron chi connectivity index (χ2n) is 7.06. The number of benzene rings is 2. The van der Waals surface area contributed by atoms with Gasteiger partial charge in [0.25, 0.3) is 11.3 Å². The van der Waals surface area contributed by atoms with Crippen molar-refractivity contribution in [2.24, 2.45) is 0 Å². The van der Waals surface area contributed by atoms with E-state index < -0.39 is 0 Å². The topological polar surface area (TPSA) is 108 Å². The largest absolute Gasteiger partial charge is 0.497 e. The second-order valence-corrected chi connectivity index (χ2v) is 7.46. The van der Waals surface area contributed by atoms with E-state index in [1.165, 1.54) is 18.0 Å². The molecule has 0 saturated carbocycles. The Morgan fingerprint density at radius 3 is 2.67 bits per heavy atom. The van der Waals surface area contributed by atoms with Crippen LogP contribution in [0.4, 0.5) is 5.69 Å². The molecule has 0 aliphatic rings. The minimum atomic E-state index is -0.385. The van der Waals surface area contributed by atoms with Crippen LogP contribution in [0.3, 0.4) is 0 Å². The van der Waals surface area contributed by atoms with Crippen LogP contribution in [0.1, 0.15) is 13.3 Å². The van der Waals surface area contributed by atoms with Crippen molar-refractivity contribution in [1.82, 2.24) is 14.7 Å². The summed E-state index contributed by atoms with van der Waals surface area (Å²) < 4.78 is 17.2. The summed E-state index contributed by atoms with van der Waals surface area (Å²) in [5.74, 6) is 1.04. The number of aryl methyl sites for hydroxylation is 1. The van der Waals surface area contributed by atoms with Crippen molar-refractivity contribution in [3.05, 3.63) is 64.2 Å². The van der Waals surface area contributed by atoms with Gasteiger partial charge in [0.15, 0.2) is 0 Å². The average Bonchev–Trinajstić information content (AvgIpc) is 3.25. The zero-order valence-corrected chi connectivity index (χ0v) is 18.8. The Morgan fingerprint density at radius 2 is 1.94 bits per heavy atom. The first-order chi connectivity index (χ1) is 16.0. The van der Waals surface area contributed by atoms with Crippen LogP contribution >= 0.6 is 11.6 Å². The number of nitrogens with zero attached hydrogens (tertiary/aromatic N) is 3. The fraction of sp³-hybridized carbons (Fsp3) is 0.217. The summed E-state index contributed by atoms with van der Waals surface area (Å²) in [5, 5.41) is 7.36. The van der Waals surface area contributed by atoms with E-state index in [4.69, 9.17) is 25.6 Å². The molecule has 1 amide bonds. The fourth-order valence-electron chi connectivity index (χ4n) is 3.28. The molecule has 33 heavy (non-hydrogen) atoms. The van der Waals surface area contributed by atoms with Gasteiger partial charge in [-0.2, -0.15) is 0 Å². The summed E-state index contributed by atoms with van der Waals surface area (Å²) in [7, 11) is 1.53. The number of amides is 1. The third-order valence-corrected chi connectivity index (χ3v) is 5.25. The lowest BCUT2D eigenvalue weighted by Gasteiger charge is -2.08. The van der Waals surface area contributed by atoms with E-state index in [0.717, 1.165) is 5.75 Å². The monoisotopic (exact) mass is 468 g/mol. The van der Waals surface area contributed by atoms with Crippen LogP contribution in [0.5, 0.6) is 11.5 Å². The molecule has 4 rings (SSSR count). The van der Waals surface area contributed by atoms with E-state index in [1.807, 2.05) is 6.92 Å². The summed E-state index contributed by atoms with van der Waals surface area (Å²) in [6.07, 6.45) is 1.40. The van der Waals surface area contributed by atoms with Gasteiger partial charge in [-0.1, -0.05) is 16.8 Å². The molecule has 4 aromatic rings. The number of hydrogen-bond donors (Lipinski definition) is 1. The molecule has 0 saturated heterocycles. The van der Waals surface area contributed by atoms with Crippen molar-refractivity contribution in [1.29, 1.82) is 0 Å². The SMILES string of the molecule is CCOc1ccc(NC(=O)CCn2cnc3onc(-c4cc(OC)ccc4Cl)c3c2=O)cc1. The number of nitrogens with one attached hydrogen (secondary N) is 1. The number of halogens is 1. The summed E-state index contributed by atoms with van der Waals surface area (Å²) in [6, 6.07) is 12.1. The van der Waals surface area contributed by atoms with E-state index in [9.17, 15) is 9.59 Å². The molecular formula is C23H21ClN4O5. The Bertz CT molecular complexity index is 1350. The van der Waals surface area contributed by atoms with E-state index >= 15 is 0 Å². The van der Waals surface area contributed by atoms with Gasteiger partial charge in [-0.05, 0) is 49.4 Å². The first-order valence-corrected chi connectivity index (χ1v) is 10.6. The lowest BCUT2D eigenvalue weighted by Crippen LogP contribution is -2.23. The van der Waals surface area contributed by atoms with Gasteiger partial charge in [0.1, 0.15) is 28.9 Å². The Morgan fingerprint density at radius 1 is 1.18 bits per heavy atom. The maximum atomic E-state index is 13.1. The van der Waals surface area contributed by atoms with Gasteiger partial charge < -0.3 is 19.3 Å². The molecule has 0 bridgehead atoms. The van der Waals surface area contributed by atoms with Crippen LogP contribution in [0, 0.1) is 0 Å². The fourth-order valence-corrected chi connectivity index (χ4v) is 3.49.